The van der Waals surface area contributed by atoms with E-state index >= 15 is 0 Å². The van der Waals surface area contributed by atoms with Gasteiger partial charge in [-0.05, 0) is 6.92 Å². The van der Waals surface area contributed by atoms with E-state index in [4.69, 9.17) is 9.47 Å². The Morgan fingerprint density at radius 1 is 1.25 bits per heavy atom. The molecule has 0 aliphatic carbocycles. The number of rotatable bonds is 6. The molecule has 1 saturated heterocycles. The van der Waals surface area contributed by atoms with Gasteiger partial charge >= 0.3 is 6.01 Å². The van der Waals surface area contributed by atoms with E-state index in [1.807, 2.05) is 0 Å². The van der Waals surface area contributed by atoms with Gasteiger partial charge in [0.25, 0.3) is 0 Å². The summed E-state index contributed by atoms with van der Waals surface area (Å²) in [5.74, 6) is 1.000. The van der Waals surface area contributed by atoms with Crippen LogP contribution < -0.4 is 15.4 Å². The van der Waals surface area contributed by atoms with Crippen molar-refractivity contribution >= 4 is 11.9 Å². The first-order chi connectivity index (χ1) is 9.71. The molecule has 0 radical (unpaired) electrons. The number of nitrogens with one attached hydrogen (secondary N) is 2. The third kappa shape index (κ3) is 4.17. The van der Waals surface area contributed by atoms with Crippen LogP contribution in [0.4, 0.5) is 11.9 Å². The van der Waals surface area contributed by atoms with Gasteiger partial charge in [-0.15, -0.1) is 0 Å². The van der Waals surface area contributed by atoms with Gasteiger partial charge in [0.1, 0.15) is 0 Å². The predicted octanol–water partition coefficient (Wildman–Crippen LogP) is 0.0545. The van der Waals surface area contributed by atoms with Crippen LogP contribution in [-0.2, 0) is 4.74 Å². The maximum atomic E-state index is 5.34. The molecule has 20 heavy (non-hydrogen) atoms. The van der Waals surface area contributed by atoms with Crippen molar-refractivity contribution in [3.63, 3.8) is 0 Å². The second-order valence-corrected chi connectivity index (χ2v) is 4.68. The highest BCUT2D eigenvalue weighted by Gasteiger charge is 2.15. The monoisotopic (exact) mass is 282 g/mol. The van der Waals surface area contributed by atoms with Crippen LogP contribution in [0, 0.1) is 0 Å². The average molecular weight is 282 g/mol. The molecule has 0 amide bonds. The van der Waals surface area contributed by atoms with Crippen LogP contribution in [0.25, 0.3) is 0 Å². The number of anilines is 2. The molecule has 1 aromatic rings. The van der Waals surface area contributed by atoms with Gasteiger partial charge in [0.2, 0.25) is 11.9 Å². The molecule has 2 heterocycles. The van der Waals surface area contributed by atoms with Crippen molar-refractivity contribution in [2.75, 3.05) is 57.6 Å². The highest BCUT2D eigenvalue weighted by atomic mass is 16.5. The van der Waals surface area contributed by atoms with Gasteiger partial charge in [-0.25, -0.2) is 0 Å². The lowest BCUT2D eigenvalue weighted by Gasteiger charge is -2.29. The van der Waals surface area contributed by atoms with E-state index in [2.05, 4.69) is 37.4 Å². The number of hydrogen-bond donors (Lipinski definition) is 2. The Hall–Kier alpha value is -1.67. The molecule has 0 saturated carbocycles. The van der Waals surface area contributed by atoms with E-state index < -0.39 is 0 Å². The first-order valence-electron chi connectivity index (χ1n) is 6.75. The third-order valence-electron chi connectivity index (χ3n) is 3.03. The van der Waals surface area contributed by atoms with Crippen molar-refractivity contribution in [2.45, 2.75) is 13.0 Å². The van der Waals surface area contributed by atoms with Gasteiger partial charge in [0.05, 0.1) is 20.3 Å². The van der Waals surface area contributed by atoms with E-state index in [0.717, 1.165) is 32.8 Å². The topological polar surface area (TPSA) is 84.4 Å². The summed E-state index contributed by atoms with van der Waals surface area (Å²) in [5.41, 5.74) is 0. The molecular formula is C12H22N6O2. The highest BCUT2D eigenvalue weighted by molar-refractivity contribution is 5.36. The van der Waals surface area contributed by atoms with Crippen LogP contribution >= 0.6 is 0 Å². The molecule has 8 nitrogen and oxygen atoms in total. The van der Waals surface area contributed by atoms with Gasteiger partial charge < -0.3 is 20.1 Å². The van der Waals surface area contributed by atoms with Crippen molar-refractivity contribution in [3.05, 3.63) is 0 Å². The standard InChI is InChI=1S/C12H22N6O2/c1-9(8-18-4-6-20-7-5-18)14-11-15-10(13-2)16-12(17-11)19-3/h9H,4-8H2,1-3H3,(H2,13,14,15,16,17). The normalized spacial score (nSPS) is 17.6. The zero-order valence-electron chi connectivity index (χ0n) is 12.2. The number of nitrogens with zero attached hydrogens (tertiary/aromatic N) is 4. The second-order valence-electron chi connectivity index (χ2n) is 4.68. The van der Waals surface area contributed by atoms with E-state index in [-0.39, 0.29) is 6.04 Å². The maximum absolute atomic E-state index is 5.34. The zero-order valence-corrected chi connectivity index (χ0v) is 12.2. The highest BCUT2D eigenvalue weighted by Crippen LogP contribution is 2.11. The summed E-state index contributed by atoms with van der Waals surface area (Å²) in [6.07, 6.45) is 0. The summed E-state index contributed by atoms with van der Waals surface area (Å²) >= 11 is 0. The van der Waals surface area contributed by atoms with Crippen molar-refractivity contribution in [2.24, 2.45) is 0 Å². The van der Waals surface area contributed by atoms with Gasteiger partial charge in [-0.1, -0.05) is 0 Å². The molecule has 1 aliphatic heterocycles. The van der Waals surface area contributed by atoms with Crippen LogP contribution in [0.15, 0.2) is 0 Å². The van der Waals surface area contributed by atoms with Crippen molar-refractivity contribution < 1.29 is 9.47 Å². The fourth-order valence-electron chi connectivity index (χ4n) is 2.06. The molecule has 1 unspecified atom stereocenters. The Bertz CT molecular complexity index is 402. The smallest absolute Gasteiger partial charge is 0.322 e. The van der Waals surface area contributed by atoms with Crippen molar-refractivity contribution in [3.8, 4) is 6.01 Å². The molecule has 1 aromatic heterocycles. The maximum Gasteiger partial charge on any atom is 0.322 e. The summed E-state index contributed by atoms with van der Waals surface area (Å²) in [4.78, 5) is 14.9. The first-order valence-corrected chi connectivity index (χ1v) is 6.75. The van der Waals surface area contributed by atoms with Gasteiger partial charge in [0.15, 0.2) is 0 Å². The molecule has 8 heteroatoms. The minimum absolute atomic E-state index is 0.227. The van der Waals surface area contributed by atoms with E-state index in [9.17, 15) is 0 Å². The minimum atomic E-state index is 0.227. The predicted molar refractivity (Wildman–Crippen MR) is 76.3 cm³/mol. The molecular weight excluding hydrogens is 260 g/mol. The fourth-order valence-corrected chi connectivity index (χ4v) is 2.06. The molecule has 0 bridgehead atoms. The largest absolute Gasteiger partial charge is 0.467 e. The summed E-state index contributed by atoms with van der Waals surface area (Å²) in [6, 6.07) is 0.523. The minimum Gasteiger partial charge on any atom is -0.467 e. The lowest BCUT2D eigenvalue weighted by atomic mass is 10.3. The van der Waals surface area contributed by atoms with Crippen LogP contribution in [-0.4, -0.2) is 72.9 Å². The van der Waals surface area contributed by atoms with Crippen molar-refractivity contribution in [1.82, 2.24) is 19.9 Å². The van der Waals surface area contributed by atoms with Crippen LogP contribution in [0.5, 0.6) is 6.01 Å². The number of aromatic nitrogens is 3. The van der Waals surface area contributed by atoms with Gasteiger partial charge in [0, 0.05) is 32.7 Å². The van der Waals surface area contributed by atoms with Crippen molar-refractivity contribution in [1.29, 1.82) is 0 Å². The van der Waals surface area contributed by atoms with Gasteiger partial charge in [-0.3, -0.25) is 4.90 Å². The first kappa shape index (κ1) is 14.7. The Morgan fingerprint density at radius 2 is 1.95 bits per heavy atom. The van der Waals surface area contributed by atoms with Crippen LogP contribution in [0.2, 0.25) is 0 Å². The summed E-state index contributed by atoms with van der Waals surface area (Å²) in [6.45, 7) is 6.56. The number of methoxy groups -OCH3 is 1. The van der Waals surface area contributed by atoms with E-state index in [1.165, 1.54) is 7.11 Å². The zero-order chi connectivity index (χ0) is 14.4. The summed E-state index contributed by atoms with van der Waals surface area (Å²) in [5, 5.41) is 6.16. The quantitative estimate of drug-likeness (QED) is 0.757. The SMILES string of the molecule is CNc1nc(NC(C)CN2CCOCC2)nc(OC)n1. The Kier molecular flexibility index (Phi) is 5.31. The number of hydrogen-bond acceptors (Lipinski definition) is 8. The molecule has 112 valence electrons. The molecule has 0 aromatic carbocycles. The molecule has 1 aliphatic rings. The fraction of sp³-hybridized carbons (Fsp3) is 0.750. The van der Waals surface area contributed by atoms with Crippen LogP contribution in [0.1, 0.15) is 6.92 Å². The Morgan fingerprint density at radius 3 is 2.60 bits per heavy atom. The number of ether oxygens (including phenoxy) is 2. The number of morpholine rings is 1. The third-order valence-corrected chi connectivity index (χ3v) is 3.03. The second kappa shape index (κ2) is 7.20. The lowest BCUT2D eigenvalue weighted by molar-refractivity contribution is 0.0368. The Labute approximate surface area is 118 Å². The van der Waals surface area contributed by atoms with E-state index in [0.29, 0.717) is 17.9 Å². The average Bonchev–Trinajstić information content (AvgIpc) is 2.47. The molecule has 0 spiro atoms. The van der Waals surface area contributed by atoms with Crippen LogP contribution in [0.3, 0.4) is 0 Å². The molecule has 1 atom stereocenters. The van der Waals surface area contributed by atoms with Gasteiger partial charge in [-0.2, -0.15) is 15.0 Å². The Balaban J connectivity index is 1.93. The summed E-state index contributed by atoms with van der Waals surface area (Å²) in [7, 11) is 3.30. The summed E-state index contributed by atoms with van der Waals surface area (Å²) < 4.78 is 10.4. The van der Waals surface area contributed by atoms with E-state index in [1.54, 1.807) is 7.05 Å². The lowest BCUT2D eigenvalue weighted by Crippen LogP contribution is -2.42. The molecule has 2 rings (SSSR count). The molecule has 2 N–H and O–H groups in total. The molecule has 1 fully saturated rings.